The number of esters is 1. The largest absolute Gasteiger partial charge is 0.462 e. The molecule has 156 valence electrons. The fourth-order valence-electron chi connectivity index (χ4n) is 3.47. The normalized spacial score (nSPS) is 16.2. The molecule has 0 radical (unpaired) electrons. The van der Waals surface area contributed by atoms with Crippen LogP contribution in [-0.4, -0.2) is 33.2 Å². The first-order valence-corrected chi connectivity index (χ1v) is 12.3. The highest BCUT2D eigenvalue weighted by atomic mass is 32.2. The standard InChI is InChI=1S/C21H25NO5S2/c1-4-27-21(24)19-16-10-5-13(2)11-17(16)28-20(19)22-18(23)12-14-6-8-15(9-7-14)29(3,25)26/h6-9,13H,4-5,10-12H2,1-3H3,(H,22,23). The third kappa shape index (κ3) is 5.05. The van der Waals surface area contributed by atoms with Gasteiger partial charge in [0.25, 0.3) is 0 Å². The summed E-state index contributed by atoms with van der Waals surface area (Å²) in [5.74, 6) is -0.102. The maximum atomic E-state index is 12.6. The Hall–Kier alpha value is -2.19. The topological polar surface area (TPSA) is 89.5 Å². The first kappa shape index (κ1) is 21.5. The molecule has 1 N–H and O–H groups in total. The Morgan fingerprint density at radius 3 is 2.55 bits per heavy atom. The van der Waals surface area contributed by atoms with E-state index in [1.165, 1.54) is 23.5 Å². The minimum Gasteiger partial charge on any atom is -0.462 e. The number of ether oxygens (including phenoxy) is 1. The fraction of sp³-hybridized carbons (Fsp3) is 0.429. The van der Waals surface area contributed by atoms with Crippen LogP contribution < -0.4 is 5.32 Å². The molecule has 3 rings (SSSR count). The Morgan fingerprint density at radius 1 is 1.24 bits per heavy atom. The Bertz CT molecular complexity index is 1020. The molecule has 1 aromatic carbocycles. The zero-order valence-corrected chi connectivity index (χ0v) is 18.4. The highest BCUT2D eigenvalue weighted by Crippen LogP contribution is 2.40. The van der Waals surface area contributed by atoms with Crippen LogP contribution in [0.2, 0.25) is 0 Å². The van der Waals surface area contributed by atoms with Crippen LogP contribution in [0.5, 0.6) is 0 Å². The molecule has 1 atom stereocenters. The number of benzene rings is 1. The van der Waals surface area contributed by atoms with Crippen LogP contribution in [0, 0.1) is 5.92 Å². The van der Waals surface area contributed by atoms with Crippen LogP contribution in [-0.2, 0) is 38.6 Å². The summed E-state index contributed by atoms with van der Waals surface area (Å²) in [5, 5.41) is 3.42. The number of sulfone groups is 1. The Kier molecular flexibility index (Phi) is 6.43. The predicted octanol–water partition coefficient (Wildman–Crippen LogP) is 3.63. The van der Waals surface area contributed by atoms with Crippen molar-refractivity contribution in [1.82, 2.24) is 0 Å². The maximum Gasteiger partial charge on any atom is 0.341 e. The van der Waals surface area contributed by atoms with Crippen molar-refractivity contribution < 1.29 is 22.7 Å². The number of carbonyl (C=O) groups excluding carboxylic acids is 2. The molecule has 0 saturated heterocycles. The van der Waals surface area contributed by atoms with Gasteiger partial charge in [-0.05, 0) is 55.4 Å². The number of thiophene rings is 1. The lowest BCUT2D eigenvalue weighted by Crippen LogP contribution is -2.17. The number of carbonyl (C=O) groups is 2. The molecular weight excluding hydrogens is 410 g/mol. The summed E-state index contributed by atoms with van der Waals surface area (Å²) in [6.45, 7) is 4.22. The summed E-state index contributed by atoms with van der Waals surface area (Å²) < 4.78 is 28.3. The maximum absolute atomic E-state index is 12.6. The second-order valence-electron chi connectivity index (χ2n) is 7.42. The van der Waals surface area contributed by atoms with Crippen LogP contribution >= 0.6 is 11.3 Å². The van der Waals surface area contributed by atoms with Gasteiger partial charge in [0.1, 0.15) is 5.00 Å². The van der Waals surface area contributed by atoms with Gasteiger partial charge in [0, 0.05) is 11.1 Å². The van der Waals surface area contributed by atoms with Crippen molar-refractivity contribution in [3.05, 3.63) is 45.8 Å². The zero-order chi connectivity index (χ0) is 21.2. The van der Waals surface area contributed by atoms with Gasteiger partial charge in [-0.1, -0.05) is 19.1 Å². The summed E-state index contributed by atoms with van der Waals surface area (Å²) in [6.07, 6.45) is 3.95. The van der Waals surface area contributed by atoms with E-state index in [4.69, 9.17) is 4.74 Å². The lowest BCUT2D eigenvalue weighted by atomic mass is 9.88. The average molecular weight is 436 g/mol. The summed E-state index contributed by atoms with van der Waals surface area (Å²) in [5.41, 5.74) is 2.18. The molecule has 0 saturated carbocycles. The molecule has 1 unspecified atom stereocenters. The smallest absolute Gasteiger partial charge is 0.341 e. The van der Waals surface area contributed by atoms with Gasteiger partial charge in [-0.3, -0.25) is 4.79 Å². The van der Waals surface area contributed by atoms with Crippen LogP contribution in [0.15, 0.2) is 29.2 Å². The summed E-state index contributed by atoms with van der Waals surface area (Å²) in [6, 6.07) is 6.24. The van der Waals surface area contributed by atoms with Crippen LogP contribution in [0.25, 0.3) is 0 Å². The highest BCUT2D eigenvalue weighted by molar-refractivity contribution is 7.90. The second-order valence-corrected chi connectivity index (χ2v) is 10.5. The summed E-state index contributed by atoms with van der Waals surface area (Å²) in [4.78, 5) is 26.5. The van der Waals surface area contributed by atoms with Crippen molar-refractivity contribution >= 4 is 38.1 Å². The van der Waals surface area contributed by atoms with Gasteiger partial charge in [-0.25, -0.2) is 13.2 Å². The number of fused-ring (bicyclic) bond motifs is 1. The molecule has 1 heterocycles. The number of hydrogen-bond donors (Lipinski definition) is 1. The molecule has 0 bridgehead atoms. The van der Waals surface area contributed by atoms with E-state index < -0.39 is 15.8 Å². The van der Waals surface area contributed by atoms with E-state index in [-0.39, 0.29) is 23.8 Å². The summed E-state index contributed by atoms with van der Waals surface area (Å²) >= 11 is 1.45. The fourth-order valence-corrected chi connectivity index (χ4v) is 5.51. The molecule has 1 amide bonds. The average Bonchev–Trinajstić information content (AvgIpc) is 2.98. The quantitative estimate of drug-likeness (QED) is 0.700. The van der Waals surface area contributed by atoms with Crippen molar-refractivity contribution in [3.63, 3.8) is 0 Å². The van der Waals surface area contributed by atoms with Crippen molar-refractivity contribution in [2.75, 3.05) is 18.2 Å². The van der Waals surface area contributed by atoms with E-state index in [0.29, 0.717) is 22.0 Å². The van der Waals surface area contributed by atoms with Crippen LogP contribution in [0.4, 0.5) is 5.00 Å². The summed E-state index contributed by atoms with van der Waals surface area (Å²) in [7, 11) is -3.27. The molecule has 1 aromatic heterocycles. The zero-order valence-electron chi connectivity index (χ0n) is 16.8. The van der Waals surface area contributed by atoms with Crippen molar-refractivity contribution in [3.8, 4) is 0 Å². The Labute approximate surface area is 175 Å². The molecule has 8 heteroatoms. The van der Waals surface area contributed by atoms with Gasteiger partial charge in [-0.2, -0.15) is 0 Å². The Morgan fingerprint density at radius 2 is 1.93 bits per heavy atom. The third-order valence-electron chi connectivity index (χ3n) is 4.96. The third-order valence-corrected chi connectivity index (χ3v) is 7.26. The SMILES string of the molecule is CCOC(=O)c1c(NC(=O)Cc2ccc(S(C)(=O)=O)cc2)sc2c1CCC(C)C2. The lowest BCUT2D eigenvalue weighted by Gasteiger charge is -2.18. The molecule has 0 aliphatic heterocycles. The number of amides is 1. The van der Waals surface area contributed by atoms with Gasteiger partial charge in [0.2, 0.25) is 5.91 Å². The predicted molar refractivity (Wildman–Crippen MR) is 113 cm³/mol. The van der Waals surface area contributed by atoms with Gasteiger partial charge in [0.15, 0.2) is 9.84 Å². The van der Waals surface area contributed by atoms with Gasteiger partial charge < -0.3 is 10.1 Å². The Balaban J connectivity index is 1.80. The van der Waals surface area contributed by atoms with E-state index >= 15 is 0 Å². The highest BCUT2D eigenvalue weighted by Gasteiger charge is 2.29. The van der Waals surface area contributed by atoms with Gasteiger partial charge in [-0.15, -0.1) is 11.3 Å². The molecule has 6 nitrogen and oxygen atoms in total. The molecule has 2 aromatic rings. The molecule has 0 spiro atoms. The molecule has 1 aliphatic rings. The number of anilines is 1. The van der Waals surface area contributed by atoms with E-state index in [0.717, 1.165) is 36.0 Å². The van der Waals surface area contributed by atoms with Gasteiger partial charge >= 0.3 is 5.97 Å². The van der Waals surface area contributed by atoms with Gasteiger partial charge in [0.05, 0.1) is 23.5 Å². The lowest BCUT2D eigenvalue weighted by molar-refractivity contribution is -0.115. The van der Waals surface area contributed by atoms with Crippen molar-refractivity contribution in [2.24, 2.45) is 5.92 Å². The first-order valence-electron chi connectivity index (χ1n) is 9.59. The minimum absolute atomic E-state index is 0.0886. The monoisotopic (exact) mass is 435 g/mol. The van der Waals surface area contributed by atoms with E-state index in [1.807, 2.05) is 0 Å². The first-order chi connectivity index (χ1) is 13.7. The molecule has 29 heavy (non-hydrogen) atoms. The molecule has 1 aliphatic carbocycles. The second kappa shape index (κ2) is 8.67. The molecular formula is C21H25NO5S2. The van der Waals surface area contributed by atoms with E-state index in [2.05, 4.69) is 12.2 Å². The van der Waals surface area contributed by atoms with Crippen LogP contribution in [0.3, 0.4) is 0 Å². The minimum atomic E-state index is -3.27. The van der Waals surface area contributed by atoms with E-state index in [1.54, 1.807) is 19.1 Å². The van der Waals surface area contributed by atoms with E-state index in [9.17, 15) is 18.0 Å². The molecule has 0 fully saturated rings. The van der Waals surface area contributed by atoms with Crippen LogP contribution in [0.1, 0.15) is 46.6 Å². The van der Waals surface area contributed by atoms with Crippen molar-refractivity contribution in [2.45, 2.75) is 44.4 Å². The number of hydrogen-bond acceptors (Lipinski definition) is 6. The number of nitrogens with one attached hydrogen (secondary N) is 1. The number of rotatable bonds is 6. The van der Waals surface area contributed by atoms with Crippen molar-refractivity contribution in [1.29, 1.82) is 0 Å².